The summed E-state index contributed by atoms with van der Waals surface area (Å²) in [5.41, 5.74) is 11.3. The van der Waals surface area contributed by atoms with E-state index in [1.54, 1.807) is 17.2 Å². The third-order valence-electron chi connectivity index (χ3n) is 2.61. The highest BCUT2D eigenvalue weighted by Gasteiger charge is 2.27. The maximum atomic E-state index is 5.85. The van der Waals surface area contributed by atoms with Crippen molar-refractivity contribution < 1.29 is 0 Å². The zero-order valence-corrected chi connectivity index (χ0v) is 11.9. The van der Waals surface area contributed by atoms with E-state index in [-0.39, 0.29) is 0 Å². The molecule has 1 heterocycles. The average molecular weight is 296 g/mol. The van der Waals surface area contributed by atoms with Crippen LogP contribution in [0.5, 0.6) is 0 Å². The fourth-order valence-electron chi connectivity index (χ4n) is 1.70. The van der Waals surface area contributed by atoms with Crippen molar-refractivity contribution in [2.75, 3.05) is 7.05 Å². The second-order valence-corrected chi connectivity index (χ2v) is 4.45. The van der Waals surface area contributed by atoms with Gasteiger partial charge in [0, 0.05) is 12.1 Å². The molecule has 19 heavy (non-hydrogen) atoms. The maximum absolute atomic E-state index is 5.85. The summed E-state index contributed by atoms with van der Waals surface area (Å²) in [7, 11) is 1.76. The van der Waals surface area contributed by atoms with Gasteiger partial charge in [0.1, 0.15) is 5.84 Å². The summed E-state index contributed by atoms with van der Waals surface area (Å²) in [6, 6.07) is 7.51. The van der Waals surface area contributed by atoms with Crippen LogP contribution in [0.3, 0.4) is 0 Å². The zero-order valence-electron chi connectivity index (χ0n) is 10.3. The summed E-state index contributed by atoms with van der Waals surface area (Å²) in [6.07, 6.45) is 3.28. The Morgan fingerprint density at radius 3 is 2.63 bits per heavy atom. The fraction of sp³-hybridized carbons (Fsp3) is 0.167. The van der Waals surface area contributed by atoms with Crippen LogP contribution < -0.4 is 11.2 Å². The average Bonchev–Trinajstić information content (AvgIpc) is 2.73. The highest BCUT2D eigenvalue weighted by atomic mass is 35.5. The fourth-order valence-corrected chi connectivity index (χ4v) is 2.03. The van der Waals surface area contributed by atoms with E-state index in [4.69, 9.17) is 29.6 Å². The molecule has 0 spiro atoms. The van der Waals surface area contributed by atoms with E-state index in [1.807, 2.05) is 36.4 Å². The highest BCUT2D eigenvalue weighted by Crippen LogP contribution is 2.13. The van der Waals surface area contributed by atoms with Crippen molar-refractivity contribution in [3.63, 3.8) is 0 Å². The summed E-state index contributed by atoms with van der Waals surface area (Å²) in [4.78, 5) is 4.30. The van der Waals surface area contributed by atoms with Crippen molar-refractivity contribution in [1.82, 2.24) is 15.6 Å². The molecule has 5 nitrogen and oxygen atoms in total. The standard InChI is InChI=1S/C12H14ClN5S/c1-15-18-12(14)16-11(17(18)8-19)7-4-9-2-5-10(13)6-3-9/h2-8,12,15H,14H2,1H3. The number of hydrazine groups is 2. The first kappa shape index (κ1) is 14.1. The Balaban J connectivity index is 2.16. The van der Waals surface area contributed by atoms with Crippen LogP contribution in [0.1, 0.15) is 5.56 Å². The van der Waals surface area contributed by atoms with E-state index < -0.39 is 6.29 Å². The van der Waals surface area contributed by atoms with E-state index in [0.717, 1.165) is 5.56 Å². The summed E-state index contributed by atoms with van der Waals surface area (Å²) >= 11 is 10.8. The Labute approximate surface area is 122 Å². The van der Waals surface area contributed by atoms with E-state index >= 15 is 0 Å². The topological polar surface area (TPSA) is 56.9 Å². The van der Waals surface area contributed by atoms with Crippen molar-refractivity contribution in [1.29, 1.82) is 0 Å². The van der Waals surface area contributed by atoms with Gasteiger partial charge in [-0.25, -0.2) is 15.4 Å². The molecule has 1 atom stereocenters. The molecule has 1 aliphatic rings. The molecule has 0 bridgehead atoms. The number of rotatable bonds is 4. The molecule has 0 radical (unpaired) electrons. The van der Waals surface area contributed by atoms with Crippen molar-refractivity contribution in [3.8, 4) is 0 Å². The molecule has 0 saturated heterocycles. The van der Waals surface area contributed by atoms with E-state index in [0.29, 0.717) is 10.9 Å². The number of hydrogen-bond acceptors (Lipinski definition) is 5. The number of benzene rings is 1. The highest BCUT2D eigenvalue weighted by molar-refractivity contribution is 7.78. The number of amidine groups is 1. The van der Waals surface area contributed by atoms with Crippen LogP contribution in [-0.2, 0) is 0 Å². The van der Waals surface area contributed by atoms with Crippen LogP contribution >= 0.6 is 23.8 Å². The Hall–Kier alpha value is -1.31. The molecular weight excluding hydrogens is 282 g/mol. The first-order valence-electron chi connectivity index (χ1n) is 5.64. The third-order valence-corrected chi connectivity index (χ3v) is 3.06. The first-order valence-corrected chi connectivity index (χ1v) is 6.48. The minimum absolute atomic E-state index is 0.492. The number of halogens is 1. The van der Waals surface area contributed by atoms with Gasteiger partial charge >= 0.3 is 0 Å². The summed E-state index contributed by atoms with van der Waals surface area (Å²) in [5.74, 6) is 0.673. The second-order valence-electron chi connectivity index (χ2n) is 3.80. The van der Waals surface area contributed by atoms with E-state index in [9.17, 15) is 0 Å². The van der Waals surface area contributed by atoms with Gasteiger partial charge in [0.25, 0.3) is 0 Å². The van der Waals surface area contributed by atoms with Gasteiger partial charge in [-0.05, 0) is 23.8 Å². The minimum Gasteiger partial charge on any atom is -0.295 e. The molecule has 1 aromatic carbocycles. The van der Waals surface area contributed by atoms with Gasteiger partial charge in [-0.2, -0.15) is 0 Å². The Morgan fingerprint density at radius 2 is 2.05 bits per heavy atom. The number of aliphatic imine (C=N–C) groups is 1. The van der Waals surface area contributed by atoms with Gasteiger partial charge in [-0.15, -0.1) is 5.12 Å². The van der Waals surface area contributed by atoms with Crippen LogP contribution in [0.2, 0.25) is 5.02 Å². The molecule has 2 rings (SSSR count). The SMILES string of the molecule is CNN1C(N)N=C(C=Cc2ccc(Cl)cc2)N1C=S. The Bertz CT molecular complexity index is 513. The molecule has 0 aromatic heterocycles. The molecular formula is C12H14ClN5S. The lowest BCUT2D eigenvalue weighted by atomic mass is 10.2. The number of nitrogens with one attached hydrogen (secondary N) is 1. The summed E-state index contributed by atoms with van der Waals surface area (Å²) < 4.78 is 0. The molecule has 0 aliphatic carbocycles. The lowest BCUT2D eigenvalue weighted by molar-refractivity contribution is 0.0408. The minimum atomic E-state index is -0.492. The monoisotopic (exact) mass is 295 g/mol. The molecule has 1 aromatic rings. The van der Waals surface area contributed by atoms with Gasteiger partial charge in [0.15, 0.2) is 6.29 Å². The quantitative estimate of drug-likeness (QED) is 0.827. The first-order chi connectivity index (χ1) is 9.15. The maximum Gasteiger partial charge on any atom is 0.187 e. The lowest BCUT2D eigenvalue weighted by Gasteiger charge is -2.26. The Kier molecular flexibility index (Phi) is 4.62. The van der Waals surface area contributed by atoms with Gasteiger partial charge < -0.3 is 0 Å². The predicted octanol–water partition coefficient (Wildman–Crippen LogP) is 1.62. The van der Waals surface area contributed by atoms with Crippen LogP contribution in [0.4, 0.5) is 0 Å². The zero-order chi connectivity index (χ0) is 13.8. The number of thiocarbonyl (C=S) groups is 1. The number of nitrogens with zero attached hydrogens (tertiary/aromatic N) is 3. The second kappa shape index (κ2) is 6.23. The van der Waals surface area contributed by atoms with Crippen molar-refractivity contribution in [3.05, 3.63) is 40.9 Å². The lowest BCUT2D eigenvalue weighted by Crippen LogP contribution is -2.53. The van der Waals surface area contributed by atoms with Crippen molar-refractivity contribution >= 4 is 41.2 Å². The van der Waals surface area contributed by atoms with Gasteiger partial charge in [0.2, 0.25) is 0 Å². The molecule has 1 unspecified atom stereocenters. The molecule has 0 amide bonds. The van der Waals surface area contributed by atoms with Crippen LogP contribution in [-0.4, -0.2) is 34.8 Å². The summed E-state index contributed by atoms with van der Waals surface area (Å²) in [5, 5.41) is 4.01. The van der Waals surface area contributed by atoms with Crippen LogP contribution in [0, 0.1) is 0 Å². The normalized spacial score (nSPS) is 20.1. The van der Waals surface area contributed by atoms with Crippen LogP contribution in [0.25, 0.3) is 6.08 Å². The van der Waals surface area contributed by atoms with Crippen molar-refractivity contribution in [2.24, 2.45) is 10.7 Å². The largest absolute Gasteiger partial charge is 0.295 e. The molecule has 3 N–H and O–H groups in total. The molecule has 0 saturated carbocycles. The number of nitrogens with two attached hydrogens (primary N) is 1. The molecule has 100 valence electrons. The van der Waals surface area contributed by atoms with E-state index in [2.05, 4.69) is 10.4 Å². The third kappa shape index (κ3) is 3.17. The Morgan fingerprint density at radius 1 is 1.37 bits per heavy atom. The smallest absolute Gasteiger partial charge is 0.187 e. The van der Waals surface area contributed by atoms with Crippen LogP contribution in [0.15, 0.2) is 35.3 Å². The predicted molar refractivity (Wildman–Crippen MR) is 82.3 cm³/mol. The summed E-state index contributed by atoms with van der Waals surface area (Å²) in [6.45, 7) is 0. The molecule has 7 heteroatoms. The van der Waals surface area contributed by atoms with Gasteiger partial charge in [-0.3, -0.25) is 5.73 Å². The van der Waals surface area contributed by atoms with E-state index in [1.165, 1.54) is 5.49 Å². The molecule has 0 fully saturated rings. The van der Waals surface area contributed by atoms with Gasteiger partial charge in [0.05, 0.1) is 5.49 Å². The molecule has 1 aliphatic heterocycles. The van der Waals surface area contributed by atoms with Crippen molar-refractivity contribution in [2.45, 2.75) is 6.29 Å². The van der Waals surface area contributed by atoms with Gasteiger partial charge in [-0.1, -0.05) is 42.0 Å². The number of hydrogen-bond donors (Lipinski definition) is 2.